The van der Waals surface area contributed by atoms with Crippen molar-refractivity contribution in [3.8, 4) is 84.8 Å². The molecule has 0 aliphatic carbocycles. The fourth-order valence-electron chi connectivity index (χ4n) is 7.14. The Morgan fingerprint density at radius 1 is 0.569 bits per heavy atom. The van der Waals surface area contributed by atoms with Gasteiger partial charge >= 0.3 is 21.1 Å². The van der Waals surface area contributed by atoms with Gasteiger partial charge in [-0.15, -0.1) is 65.3 Å². The minimum Gasteiger partial charge on any atom is -0.669 e. The molecule has 0 radical (unpaired) electrons. The van der Waals surface area contributed by atoms with E-state index < -0.39 is 0 Å². The molecule has 1 aliphatic heterocycles. The van der Waals surface area contributed by atoms with Gasteiger partial charge < -0.3 is 35.2 Å². The van der Waals surface area contributed by atoms with E-state index in [2.05, 4.69) is 115 Å². The van der Waals surface area contributed by atoms with Crippen molar-refractivity contribution in [2.75, 3.05) is 11.9 Å². The summed E-state index contributed by atoms with van der Waals surface area (Å²) < 4.78 is 14.3. The van der Waals surface area contributed by atoms with E-state index >= 15 is 0 Å². The van der Waals surface area contributed by atoms with Crippen LogP contribution in [0.2, 0.25) is 0 Å². The number of anilines is 1. The molecule has 10 rings (SSSR count). The zero-order valence-corrected chi connectivity index (χ0v) is 39.4. The van der Waals surface area contributed by atoms with Gasteiger partial charge in [0.05, 0.1) is 0 Å². The maximum Gasteiger partial charge on any atom is 4.00 e. The zero-order valence-electron chi connectivity index (χ0n) is 34.9. The Balaban J connectivity index is 0.000000642. The van der Waals surface area contributed by atoms with Crippen LogP contribution in [0.3, 0.4) is 0 Å². The molecule has 1 aliphatic rings. The Labute approximate surface area is 410 Å². The molecule has 0 atom stereocenters. The normalized spacial score (nSPS) is 11.3. The fourth-order valence-corrected chi connectivity index (χ4v) is 7.14. The standard InChI is InChI=1S/C51H33N3O2.C6H4N.2Pt/c1-53-28-29-54(36-53)43-19-12-23-46(35-43)56-45-22-11-18-40(31-45)50-34-39(26-27-52-50)41-30-42(33-47(32-41)55-44-20-9-4-10-21-44)51-48(37-14-5-2-6-15-37)24-13-25-49(51)38-16-7-3-8-17-38;1-2-7-5-3-4-6-7;;/h2-20,22-25,27-30,33-34,36H,1H3;3-6H;;/q-6;-1;;+4. The zero-order chi connectivity index (χ0) is 42.8. The van der Waals surface area contributed by atoms with E-state index in [-0.39, 0.29) is 42.1 Å². The molecular formula is C57H37N4O2Pt2-3. The summed E-state index contributed by atoms with van der Waals surface area (Å²) >= 11 is 0. The van der Waals surface area contributed by atoms with Crippen LogP contribution in [0.4, 0.5) is 5.69 Å². The van der Waals surface area contributed by atoms with Gasteiger partial charge in [-0.2, -0.15) is 43.1 Å². The van der Waals surface area contributed by atoms with E-state index in [1.54, 1.807) is 23.2 Å². The molecular weight excluding hydrogens is 1160 g/mol. The second-order valence-electron chi connectivity index (χ2n) is 14.4. The summed E-state index contributed by atoms with van der Waals surface area (Å²) in [4.78, 5) is 8.68. The summed E-state index contributed by atoms with van der Waals surface area (Å²) in [5.74, 6) is 2.30. The molecule has 8 heteroatoms. The second kappa shape index (κ2) is 22.0. The predicted molar refractivity (Wildman–Crippen MR) is 249 cm³/mol. The third-order valence-corrected chi connectivity index (χ3v) is 10.1. The number of hydrogen-bond donors (Lipinski definition) is 0. The molecule has 6 nitrogen and oxygen atoms in total. The molecule has 0 fully saturated rings. The van der Waals surface area contributed by atoms with Crippen LogP contribution in [0.25, 0.3) is 55.8 Å². The number of ether oxygens (including phenoxy) is 2. The minimum absolute atomic E-state index is 0. The first-order chi connectivity index (χ1) is 31.1. The summed E-state index contributed by atoms with van der Waals surface area (Å²) in [6.45, 7) is 1.98. The fraction of sp³-hybridized carbons (Fsp3) is 0.0175. The summed E-state index contributed by atoms with van der Waals surface area (Å²) in [7, 11) is 1.98. The predicted octanol–water partition coefficient (Wildman–Crippen LogP) is 13.2. The molecule has 0 bridgehead atoms. The van der Waals surface area contributed by atoms with E-state index in [0.29, 0.717) is 28.7 Å². The monoisotopic (exact) mass is 1200 g/mol. The molecule has 0 unspecified atom stereocenters. The number of hydrogen-bond acceptors (Lipinski definition) is 5. The topological polar surface area (TPSA) is 42.8 Å². The van der Waals surface area contributed by atoms with Crippen molar-refractivity contribution in [1.82, 2.24) is 14.5 Å². The quantitative estimate of drug-likeness (QED) is 0.101. The van der Waals surface area contributed by atoms with Crippen LogP contribution >= 0.6 is 0 Å². The third kappa shape index (κ3) is 11.3. The summed E-state index contributed by atoms with van der Waals surface area (Å²) in [5, 5.41) is 0. The Morgan fingerprint density at radius 3 is 1.85 bits per heavy atom. The average molecular weight is 1200 g/mol. The SMILES string of the molecule is CN1C=CN(c2[c-]c(Oc3[c-]c(-c4cc(-c5[c-]c(Oc6[c-]cccc6)cc(-c6c(-c7ccccc7)cccc6-c6ccccc6)c5)[c-]cn4)ccc3)ccc2)[CH-]1.[C-]#Cn1cccc1.[Pt+4].[Pt]. The smallest absolute Gasteiger partial charge is 0.669 e. The first-order valence-corrected chi connectivity index (χ1v) is 20.2. The molecule has 0 saturated heterocycles. The molecule has 65 heavy (non-hydrogen) atoms. The van der Waals surface area contributed by atoms with Gasteiger partial charge in [0, 0.05) is 56.5 Å². The van der Waals surface area contributed by atoms with E-state index in [1.165, 1.54) is 0 Å². The number of pyridine rings is 1. The van der Waals surface area contributed by atoms with E-state index in [4.69, 9.17) is 20.9 Å². The van der Waals surface area contributed by atoms with Crippen molar-refractivity contribution in [3.05, 3.63) is 244 Å². The average Bonchev–Trinajstić information content (AvgIpc) is 4.05. The maximum absolute atomic E-state index is 6.57. The number of benzene rings is 7. The molecule has 320 valence electrons. The number of para-hydroxylation sites is 1. The molecule has 0 spiro atoms. The molecule has 0 N–H and O–H groups in total. The molecule has 7 aromatic carbocycles. The van der Waals surface area contributed by atoms with Crippen molar-refractivity contribution in [3.63, 3.8) is 0 Å². The van der Waals surface area contributed by atoms with Crippen molar-refractivity contribution < 1.29 is 51.6 Å². The third-order valence-electron chi connectivity index (χ3n) is 10.1. The number of rotatable bonds is 10. The first kappa shape index (κ1) is 45.9. The molecule has 0 saturated carbocycles. The van der Waals surface area contributed by atoms with Gasteiger partial charge in [-0.25, -0.2) is 18.2 Å². The second-order valence-corrected chi connectivity index (χ2v) is 14.4. The van der Waals surface area contributed by atoms with Gasteiger partial charge in [-0.05, 0) is 59.4 Å². The van der Waals surface area contributed by atoms with Gasteiger partial charge in [0.1, 0.15) is 0 Å². The van der Waals surface area contributed by atoms with Crippen LogP contribution in [0.1, 0.15) is 0 Å². The van der Waals surface area contributed by atoms with Gasteiger partial charge in [0.2, 0.25) is 0 Å². The Bertz CT molecular complexity index is 2970. The number of nitrogens with zero attached hydrogens (tertiary/aromatic N) is 4. The Kier molecular flexibility index (Phi) is 15.5. The van der Waals surface area contributed by atoms with Crippen LogP contribution in [-0.2, 0) is 42.1 Å². The van der Waals surface area contributed by atoms with Crippen molar-refractivity contribution in [2.24, 2.45) is 0 Å². The van der Waals surface area contributed by atoms with Crippen LogP contribution < -0.4 is 14.4 Å². The molecule has 0 amide bonds. The number of aromatic nitrogens is 2. The Hall–Kier alpha value is -7.15. The minimum atomic E-state index is 0. The van der Waals surface area contributed by atoms with E-state index in [0.717, 1.165) is 55.8 Å². The van der Waals surface area contributed by atoms with E-state index in [1.807, 2.05) is 127 Å². The van der Waals surface area contributed by atoms with Crippen LogP contribution in [0.5, 0.6) is 23.0 Å². The molecule has 3 heterocycles. The van der Waals surface area contributed by atoms with Crippen LogP contribution in [-0.4, -0.2) is 21.5 Å². The summed E-state index contributed by atoms with van der Waals surface area (Å²) in [6, 6.07) is 75.6. The Morgan fingerprint density at radius 2 is 1.20 bits per heavy atom. The van der Waals surface area contributed by atoms with Crippen LogP contribution in [0, 0.1) is 49.5 Å². The van der Waals surface area contributed by atoms with Crippen LogP contribution in [0.15, 0.2) is 201 Å². The summed E-state index contributed by atoms with van der Waals surface area (Å²) in [5.41, 5.74) is 10.5. The van der Waals surface area contributed by atoms with Gasteiger partial charge in [0.15, 0.2) is 0 Å². The van der Waals surface area contributed by atoms with Crippen molar-refractivity contribution in [2.45, 2.75) is 0 Å². The van der Waals surface area contributed by atoms with Crippen molar-refractivity contribution in [1.29, 1.82) is 0 Å². The van der Waals surface area contributed by atoms with E-state index in [9.17, 15) is 0 Å². The van der Waals surface area contributed by atoms with Crippen molar-refractivity contribution >= 4 is 5.69 Å². The first-order valence-electron chi connectivity index (χ1n) is 20.2. The largest absolute Gasteiger partial charge is 4.00 e. The van der Waals surface area contributed by atoms with Gasteiger partial charge in [0.25, 0.3) is 0 Å². The molecule has 9 aromatic rings. The van der Waals surface area contributed by atoms with Gasteiger partial charge in [-0.3, -0.25) is 11.1 Å². The molecule has 2 aromatic heterocycles. The maximum atomic E-state index is 6.57. The summed E-state index contributed by atoms with van der Waals surface area (Å²) in [6.07, 6.45) is 15.7. The van der Waals surface area contributed by atoms with Gasteiger partial charge in [-0.1, -0.05) is 103 Å².